The molecule has 1 amide bonds. The molecule has 1 saturated heterocycles. The molecule has 0 unspecified atom stereocenters. The molecule has 4 atom stereocenters. The third kappa shape index (κ3) is 3.50. The van der Waals surface area contributed by atoms with E-state index in [0.717, 1.165) is 29.8 Å². The number of pyridine rings is 1. The van der Waals surface area contributed by atoms with Crippen LogP contribution in [0, 0.1) is 11.7 Å². The monoisotopic (exact) mass is 592 g/mol. The number of carboxylic acid groups (broad SMARTS) is 1. The van der Waals surface area contributed by atoms with Crippen LogP contribution in [0.2, 0.25) is 10.0 Å². The van der Waals surface area contributed by atoms with Gasteiger partial charge in [-0.2, -0.15) is 0 Å². The van der Waals surface area contributed by atoms with E-state index < -0.39 is 23.2 Å². The van der Waals surface area contributed by atoms with Gasteiger partial charge in [0.1, 0.15) is 17.0 Å². The predicted octanol–water partition coefficient (Wildman–Crippen LogP) is 6.48. The highest BCUT2D eigenvalue weighted by Gasteiger charge is 2.69. The molecular formula is C31H27Cl2FN4O3. The number of benzene rings is 2. The Kier molecular flexibility index (Phi) is 5.82. The Labute approximate surface area is 245 Å². The minimum Gasteiger partial charge on any atom is -0.478 e. The topological polar surface area (TPSA) is 86.9 Å². The number of amides is 1. The second kappa shape index (κ2) is 9.02. The van der Waals surface area contributed by atoms with Crippen molar-refractivity contribution in [2.45, 2.75) is 50.1 Å². The Bertz CT molecular complexity index is 1790. The molecule has 0 radical (unpaired) electrons. The van der Waals surface area contributed by atoms with Gasteiger partial charge in [0, 0.05) is 59.0 Å². The summed E-state index contributed by atoms with van der Waals surface area (Å²) in [5.74, 6) is -2.29. The fourth-order valence-corrected chi connectivity index (χ4v) is 7.89. The normalized spacial score (nSPS) is 26.1. The number of carbonyl (C=O) groups is 2. The third-order valence-corrected chi connectivity index (χ3v) is 9.78. The summed E-state index contributed by atoms with van der Waals surface area (Å²) in [7, 11) is 0. The molecule has 1 saturated carbocycles. The predicted molar refractivity (Wildman–Crippen MR) is 154 cm³/mol. The number of carboxylic acids is 1. The number of halogens is 3. The Morgan fingerprint density at radius 3 is 2.73 bits per heavy atom. The van der Waals surface area contributed by atoms with Crippen LogP contribution >= 0.6 is 23.2 Å². The van der Waals surface area contributed by atoms with Crippen molar-refractivity contribution in [3.63, 3.8) is 0 Å². The van der Waals surface area contributed by atoms with E-state index >= 15 is 4.39 Å². The van der Waals surface area contributed by atoms with Crippen molar-refractivity contribution in [2.75, 3.05) is 11.9 Å². The molecule has 2 N–H and O–H groups in total. The van der Waals surface area contributed by atoms with Gasteiger partial charge < -0.3 is 14.8 Å². The maximum atomic E-state index is 16.0. The number of hydrogen-bond donors (Lipinski definition) is 2. The molecule has 41 heavy (non-hydrogen) atoms. The number of anilines is 1. The van der Waals surface area contributed by atoms with Crippen LogP contribution in [-0.4, -0.2) is 43.9 Å². The number of fused-ring (bicyclic) bond motifs is 7. The molecule has 2 aliphatic carbocycles. The van der Waals surface area contributed by atoms with Crippen LogP contribution in [-0.2, 0) is 16.8 Å². The number of aromatic carboxylic acids is 1. The van der Waals surface area contributed by atoms with Crippen molar-refractivity contribution in [3.05, 3.63) is 98.7 Å². The van der Waals surface area contributed by atoms with Crippen molar-refractivity contribution >= 4 is 46.4 Å². The summed E-state index contributed by atoms with van der Waals surface area (Å²) in [5.41, 5.74) is 2.98. The lowest BCUT2D eigenvalue weighted by atomic mass is 9.71. The zero-order chi connectivity index (χ0) is 27.5. The maximum Gasteiger partial charge on any atom is 0.335 e. The van der Waals surface area contributed by atoms with Crippen LogP contribution in [0.3, 0.4) is 0 Å². The first-order valence-electron chi connectivity index (χ1n) is 13.4. The number of hydrogen-bond acceptors (Lipinski definition) is 4. The molecule has 8 rings (SSSR count). The van der Waals surface area contributed by atoms with Gasteiger partial charge in [-0.25, -0.2) is 14.2 Å². The molecule has 210 valence electrons. The first-order chi connectivity index (χ1) is 19.3. The van der Waals surface area contributed by atoms with Gasteiger partial charge in [0.25, 0.3) is 0 Å². The Balaban J connectivity index is 0.00000276. The quantitative estimate of drug-likeness (QED) is 0.283. The van der Waals surface area contributed by atoms with Crippen molar-refractivity contribution < 1.29 is 19.1 Å². The van der Waals surface area contributed by atoms with Crippen molar-refractivity contribution in [1.29, 1.82) is 0 Å². The highest BCUT2D eigenvalue weighted by Crippen LogP contribution is 2.65. The van der Waals surface area contributed by atoms with E-state index in [1.807, 2.05) is 10.5 Å². The fraction of sp³-hybridized carbons (Fsp3) is 0.323. The van der Waals surface area contributed by atoms with E-state index in [4.69, 9.17) is 28.2 Å². The zero-order valence-corrected chi connectivity index (χ0v) is 22.6. The smallest absolute Gasteiger partial charge is 0.335 e. The zero-order valence-electron chi connectivity index (χ0n) is 21.1. The molecule has 2 aromatic carbocycles. The number of likely N-dealkylation sites (tertiary alicyclic amines) is 1. The molecule has 7 nitrogen and oxygen atoms in total. The van der Waals surface area contributed by atoms with E-state index in [0.29, 0.717) is 40.8 Å². The Morgan fingerprint density at radius 2 is 1.98 bits per heavy atom. The van der Waals surface area contributed by atoms with Crippen LogP contribution in [0.4, 0.5) is 10.1 Å². The van der Waals surface area contributed by atoms with E-state index in [9.17, 15) is 14.7 Å². The number of nitrogens with zero attached hydrogens (tertiary/aromatic N) is 3. The van der Waals surface area contributed by atoms with Crippen molar-refractivity contribution in [2.24, 2.45) is 5.92 Å². The first-order valence-corrected chi connectivity index (χ1v) is 14.1. The SMILES string of the molecule is C.O=C(O)c1ccn2c3c(nc2c1)[C@@H]1[C@H](C3)N(CC2CC2)[C@@]2(C(=O)Nc3cc(Cl)ccc32)[C@H]1c1cccc(Cl)c1F. The van der Waals surface area contributed by atoms with Gasteiger partial charge >= 0.3 is 5.97 Å². The molecule has 2 fully saturated rings. The van der Waals surface area contributed by atoms with Gasteiger partial charge in [-0.15, -0.1) is 0 Å². The molecule has 4 aliphatic rings. The lowest BCUT2D eigenvalue weighted by Crippen LogP contribution is -2.53. The second-order valence-corrected chi connectivity index (χ2v) is 12.2. The highest BCUT2D eigenvalue weighted by atomic mass is 35.5. The van der Waals surface area contributed by atoms with E-state index in [1.54, 1.807) is 42.6 Å². The number of carbonyl (C=O) groups excluding carboxylic acids is 1. The second-order valence-electron chi connectivity index (χ2n) is 11.3. The van der Waals surface area contributed by atoms with Crippen LogP contribution in [0.25, 0.3) is 5.65 Å². The molecule has 4 heterocycles. The third-order valence-electron chi connectivity index (χ3n) is 9.25. The summed E-state index contributed by atoms with van der Waals surface area (Å²) in [4.78, 5) is 33.3. The summed E-state index contributed by atoms with van der Waals surface area (Å²) in [6.45, 7) is 0.700. The average Bonchev–Trinajstić information content (AvgIpc) is 3.37. The number of aromatic nitrogens is 2. The van der Waals surface area contributed by atoms with Gasteiger partial charge in [-0.1, -0.05) is 48.8 Å². The van der Waals surface area contributed by atoms with E-state index in [-0.39, 0.29) is 35.9 Å². The van der Waals surface area contributed by atoms with Crippen LogP contribution < -0.4 is 5.32 Å². The maximum absolute atomic E-state index is 16.0. The summed E-state index contributed by atoms with van der Waals surface area (Å²) >= 11 is 12.7. The van der Waals surface area contributed by atoms with Crippen LogP contribution in [0.1, 0.15) is 65.0 Å². The fourth-order valence-electron chi connectivity index (χ4n) is 7.53. The lowest BCUT2D eigenvalue weighted by Gasteiger charge is -2.40. The standard InChI is InChI=1S/C30H23Cl2FN4O3.CH4/c31-16-6-7-18-20(11-16)34-29(40)30(18)25(17-2-1-3-19(32)26(17)33)24-21(37(30)13-14-4-5-14)12-22-27(24)35-23-10-15(28(38)39)8-9-36(22)23;/h1-3,6-11,14,21,24-25H,4-5,12-13H2,(H,34,40)(H,38,39);1H4/t21-,24+,25-,30+;/m0./s1. The Morgan fingerprint density at radius 1 is 1.17 bits per heavy atom. The minimum atomic E-state index is -1.19. The Hall–Kier alpha value is -3.46. The molecule has 0 bridgehead atoms. The van der Waals surface area contributed by atoms with E-state index in [1.165, 1.54) is 6.07 Å². The number of nitrogens with one attached hydrogen (secondary N) is 1. The van der Waals surface area contributed by atoms with Gasteiger partial charge in [-0.3, -0.25) is 9.69 Å². The summed E-state index contributed by atoms with van der Waals surface area (Å²) in [6.07, 6.45) is 4.50. The van der Waals surface area contributed by atoms with Crippen LogP contribution in [0.5, 0.6) is 0 Å². The van der Waals surface area contributed by atoms with Crippen molar-refractivity contribution in [3.8, 4) is 0 Å². The minimum absolute atomic E-state index is 0. The van der Waals surface area contributed by atoms with Gasteiger partial charge in [-0.05, 0) is 54.7 Å². The van der Waals surface area contributed by atoms with Crippen LogP contribution in [0.15, 0.2) is 54.7 Å². The van der Waals surface area contributed by atoms with Crippen molar-refractivity contribution in [1.82, 2.24) is 14.3 Å². The molecule has 10 heteroatoms. The summed E-state index contributed by atoms with van der Waals surface area (Å²) in [6, 6.07) is 13.4. The van der Waals surface area contributed by atoms with E-state index in [2.05, 4.69) is 10.2 Å². The molecule has 2 aliphatic heterocycles. The molecule has 1 spiro atoms. The average molecular weight is 593 g/mol. The lowest BCUT2D eigenvalue weighted by molar-refractivity contribution is -0.128. The molecule has 2 aromatic heterocycles. The van der Waals surface area contributed by atoms with Gasteiger partial charge in [0.15, 0.2) is 0 Å². The number of rotatable bonds is 4. The van der Waals surface area contributed by atoms with Gasteiger partial charge in [0.05, 0.1) is 16.3 Å². The number of imidazole rings is 1. The van der Waals surface area contributed by atoms with Gasteiger partial charge in [0.2, 0.25) is 5.91 Å². The summed E-state index contributed by atoms with van der Waals surface area (Å²) < 4.78 is 18.0. The molecule has 4 aromatic rings. The summed E-state index contributed by atoms with van der Waals surface area (Å²) in [5, 5.41) is 13.1. The highest BCUT2D eigenvalue weighted by molar-refractivity contribution is 6.31. The first kappa shape index (κ1) is 26.4. The largest absolute Gasteiger partial charge is 0.478 e. The molecular weight excluding hydrogens is 566 g/mol.